The molecule has 0 spiro atoms. The van der Waals surface area contributed by atoms with Crippen molar-refractivity contribution < 1.29 is 8.42 Å². The van der Waals surface area contributed by atoms with Crippen molar-refractivity contribution in [3.05, 3.63) is 29.8 Å². The number of guanidine groups is 1. The second-order valence-electron chi connectivity index (χ2n) is 8.11. The van der Waals surface area contributed by atoms with Crippen LogP contribution in [-0.2, 0) is 10.0 Å². The van der Waals surface area contributed by atoms with Crippen molar-refractivity contribution in [3.8, 4) is 0 Å². The molecule has 3 rings (SSSR count). The number of aliphatic imine (C=N–C) groups is 1. The highest BCUT2D eigenvalue weighted by molar-refractivity contribution is 14.0. The van der Waals surface area contributed by atoms with Gasteiger partial charge in [0.15, 0.2) is 5.96 Å². The lowest BCUT2D eigenvalue weighted by Gasteiger charge is -2.38. The van der Waals surface area contributed by atoms with E-state index in [9.17, 15) is 8.42 Å². The topological polar surface area (TPSA) is 68.2 Å². The third-order valence-electron chi connectivity index (χ3n) is 5.82. The van der Waals surface area contributed by atoms with Gasteiger partial charge in [-0.25, -0.2) is 12.7 Å². The van der Waals surface area contributed by atoms with Gasteiger partial charge in [0.25, 0.3) is 0 Å². The molecule has 0 unspecified atom stereocenters. The molecule has 2 heterocycles. The van der Waals surface area contributed by atoms with Crippen LogP contribution in [0.1, 0.15) is 25.3 Å². The standard InChI is InChI=1S/C21H35N5O2S.HI/c1-4-22-21(23-17-19-8-10-26(11-9-19)29(3,27)28)25-14-12-24(13-15-25)20-7-5-6-18(2)16-20;/h5-7,16,19H,4,8-15,17H2,1-3H3,(H,22,23);1H. The average Bonchev–Trinajstić information content (AvgIpc) is 2.71. The Bertz CT molecular complexity index is 801. The van der Waals surface area contributed by atoms with Gasteiger partial charge in [-0.1, -0.05) is 12.1 Å². The first-order valence-corrected chi connectivity index (χ1v) is 12.5. The smallest absolute Gasteiger partial charge is 0.211 e. The molecule has 0 radical (unpaired) electrons. The van der Waals surface area contributed by atoms with Crippen LogP contribution < -0.4 is 10.2 Å². The molecule has 0 bridgehead atoms. The molecule has 0 aromatic heterocycles. The summed E-state index contributed by atoms with van der Waals surface area (Å²) in [6, 6.07) is 8.69. The fourth-order valence-electron chi connectivity index (χ4n) is 4.07. The first kappa shape index (κ1) is 25.2. The SMILES string of the molecule is CCNC(=NCC1CCN(S(C)(=O)=O)CC1)N1CCN(c2cccc(C)c2)CC1.I. The Morgan fingerprint density at radius 2 is 1.80 bits per heavy atom. The normalized spacial score (nSPS) is 19.5. The molecule has 30 heavy (non-hydrogen) atoms. The van der Waals surface area contributed by atoms with E-state index in [1.54, 1.807) is 4.31 Å². The highest BCUT2D eigenvalue weighted by atomic mass is 127. The lowest BCUT2D eigenvalue weighted by Crippen LogP contribution is -2.52. The highest BCUT2D eigenvalue weighted by Crippen LogP contribution is 2.20. The third kappa shape index (κ3) is 6.98. The number of benzene rings is 1. The molecule has 0 amide bonds. The summed E-state index contributed by atoms with van der Waals surface area (Å²) in [7, 11) is -3.06. The molecule has 1 aromatic carbocycles. The molecule has 1 N–H and O–H groups in total. The molecule has 1 aromatic rings. The van der Waals surface area contributed by atoms with Gasteiger partial charge in [0, 0.05) is 58.0 Å². The van der Waals surface area contributed by atoms with Gasteiger partial charge in [0.05, 0.1) is 6.26 Å². The van der Waals surface area contributed by atoms with E-state index in [2.05, 4.69) is 53.2 Å². The van der Waals surface area contributed by atoms with Gasteiger partial charge in [-0.2, -0.15) is 0 Å². The molecule has 170 valence electrons. The molecule has 0 atom stereocenters. The molecule has 2 saturated heterocycles. The molecule has 2 aliphatic rings. The first-order valence-electron chi connectivity index (χ1n) is 10.7. The van der Waals surface area contributed by atoms with Gasteiger partial charge in [0.1, 0.15) is 0 Å². The summed E-state index contributed by atoms with van der Waals surface area (Å²) in [5.74, 6) is 1.44. The Hall–Kier alpha value is -1.07. The zero-order valence-electron chi connectivity index (χ0n) is 18.4. The summed E-state index contributed by atoms with van der Waals surface area (Å²) in [4.78, 5) is 9.69. The fourth-order valence-corrected chi connectivity index (χ4v) is 4.94. The minimum Gasteiger partial charge on any atom is -0.368 e. The summed E-state index contributed by atoms with van der Waals surface area (Å²) in [6.45, 7) is 11.0. The average molecular weight is 550 g/mol. The molecule has 0 saturated carbocycles. The fraction of sp³-hybridized carbons (Fsp3) is 0.667. The summed E-state index contributed by atoms with van der Waals surface area (Å²) in [5.41, 5.74) is 2.59. The van der Waals surface area contributed by atoms with Crippen LogP contribution in [0.25, 0.3) is 0 Å². The predicted molar refractivity (Wildman–Crippen MR) is 135 cm³/mol. The van der Waals surface area contributed by atoms with E-state index in [-0.39, 0.29) is 24.0 Å². The number of nitrogens with zero attached hydrogens (tertiary/aromatic N) is 4. The minimum atomic E-state index is -3.06. The van der Waals surface area contributed by atoms with Crippen LogP contribution in [0.5, 0.6) is 0 Å². The number of piperidine rings is 1. The number of aryl methyl sites for hydroxylation is 1. The molecule has 2 aliphatic heterocycles. The number of sulfonamides is 1. The second kappa shape index (κ2) is 11.5. The third-order valence-corrected chi connectivity index (χ3v) is 7.13. The number of hydrogen-bond acceptors (Lipinski definition) is 4. The Morgan fingerprint density at radius 3 is 2.37 bits per heavy atom. The van der Waals surface area contributed by atoms with E-state index < -0.39 is 10.0 Å². The number of nitrogens with one attached hydrogen (secondary N) is 1. The van der Waals surface area contributed by atoms with Crippen LogP contribution in [0.3, 0.4) is 0 Å². The number of piperazine rings is 1. The van der Waals surface area contributed by atoms with Crippen molar-refractivity contribution in [2.24, 2.45) is 10.9 Å². The van der Waals surface area contributed by atoms with Crippen LogP contribution in [0.15, 0.2) is 29.3 Å². The van der Waals surface area contributed by atoms with Gasteiger partial charge in [-0.05, 0) is 50.3 Å². The van der Waals surface area contributed by atoms with Crippen molar-refractivity contribution in [1.82, 2.24) is 14.5 Å². The van der Waals surface area contributed by atoms with Crippen molar-refractivity contribution in [2.45, 2.75) is 26.7 Å². The monoisotopic (exact) mass is 549 g/mol. The minimum absolute atomic E-state index is 0. The Balaban J connectivity index is 0.00000320. The van der Waals surface area contributed by atoms with Crippen molar-refractivity contribution in [2.75, 3.05) is 63.5 Å². The second-order valence-corrected chi connectivity index (χ2v) is 10.1. The van der Waals surface area contributed by atoms with Gasteiger partial charge in [-0.3, -0.25) is 4.99 Å². The summed E-state index contributed by atoms with van der Waals surface area (Å²) in [6.07, 6.45) is 3.07. The number of rotatable bonds is 5. The van der Waals surface area contributed by atoms with Gasteiger partial charge in [0.2, 0.25) is 10.0 Å². The summed E-state index contributed by atoms with van der Waals surface area (Å²) >= 11 is 0. The highest BCUT2D eigenvalue weighted by Gasteiger charge is 2.25. The maximum atomic E-state index is 11.7. The Kier molecular flexibility index (Phi) is 9.67. The largest absolute Gasteiger partial charge is 0.368 e. The Labute approximate surface area is 199 Å². The van der Waals surface area contributed by atoms with Crippen LogP contribution in [0, 0.1) is 12.8 Å². The summed E-state index contributed by atoms with van der Waals surface area (Å²) in [5, 5.41) is 3.44. The zero-order valence-corrected chi connectivity index (χ0v) is 21.5. The molecule has 2 fully saturated rings. The number of hydrogen-bond donors (Lipinski definition) is 1. The van der Waals surface area contributed by atoms with E-state index in [1.165, 1.54) is 17.5 Å². The molecule has 7 nitrogen and oxygen atoms in total. The quantitative estimate of drug-likeness (QED) is 0.347. The van der Waals surface area contributed by atoms with Gasteiger partial charge >= 0.3 is 0 Å². The van der Waals surface area contributed by atoms with Gasteiger partial charge in [-0.15, -0.1) is 24.0 Å². The number of halogens is 1. The van der Waals surface area contributed by atoms with Crippen molar-refractivity contribution in [3.63, 3.8) is 0 Å². The molecule has 0 aliphatic carbocycles. The van der Waals surface area contributed by atoms with Crippen LogP contribution in [-0.4, -0.2) is 82.2 Å². The molecular formula is C21H36IN5O2S. The maximum Gasteiger partial charge on any atom is 0.211 e. The van der Waals surface area contributed by atoms with Gasteiger partial charge < -0.3 is 15.1 Å². The zero-order chi connectivity index (χ0) is 20.9. The Morgan fingerprint density at radius 1 is 1.13 bits per heavy atom. The van der Waals surface area contributed by atoms with Crippen LogP contribution in [0.2, 0.25) is 0 Å². The van der Waals surface area contributed by atoms with E-state index >= 15 is 0 Å². The van der Waals surface area contributed by atoms with Crippen molar-refractivity contribution >= 4 is 45.6 Å². The lowest BCUT2D eigenvalue weighted by atomic mass is 9.98. The first-order chi connectivity index (χ1) is 13.9. The lowest BCUT2D eigenvalue weighted by molar-refractivity contribution is 0.279. The predicted octanol–water partition coefficient (Wildman–Crippen LogP) is 2.37. The number of anilines is 1. The van der Waals surface area contributed by atoms with E-state index in [4.69, 9.17) is 4.99 Å². The molecule has 9 heteroatoms. The van der Waals surface area contributed by atoms with E-state index in [0.717, 1.165) is 58.1 Å². The van der Waals surface area contributed by atoms with Crippen LogP contribution >= 0.6 is 24.0 Å². The van der Waals surface area contributed by atoms with E-state index in [1.807, 2.05) is 0 Å². The maximum absolute atomic E-state index is 11.7. The van der Waals surface area contributed by atoms with Crippen LogP contribution in [0.4, 0.5) is 5.69 Å². The molecular weight excluding hydrogens is 513 g/mol. The van der Waals surface area contributed by atoms with E-state index in [0.29, 0.717) is 19.0 Å². The van der Waals surface area contributed by atoms with Crippen molar-refractivity contribution in [1.29, 1.82) is 0 Å². The summed E-state index contributed by atoms with van der Waals surface area (Å²) < 4.78 is 24.9.